The van der Waals surface area contributed by atoms with E-state index in [-0.39, 0.29) is 0 Å². The Hall–Kier alpha value is -1.97. The smallest absolute Gasteiger partial charge is 0.138 e. The van der Waals surface area contributed by atoms with Crippen LogP contribution in [0.15, 0.2) is 22.7 Å². The van der Waals surface area contributed by atoms with Crippen LogP contribution in [0.5, 0.6) is 0 Å². The van der Waals surface area contributed by atoms with Crippen molar-refractivity contribution in [3.8, 4) is 0 Å². The predicted octanol–water partition coefficient (Wildman–Crippen LogP) is 2.79. The second-order valence-electron chi connectivity index (χ2n) is 4.29. The van der Waals surface area contributed by atoms with Crippen LogP contribution in [0, 0.1) is 20.8 Å². The second-order valence-corrected chi connectivity index (χ2v) is 4.29. The van der Waals surface area contributed by atoms with Gasteiger partial charge in [0.2, 0.25) is 0 Å². The molecule has 0 spiro atoms. The highest BCUT2D eigenvalue weighted by Crippen LogP contribution is 2.18. The molecule has 2 rings (SSSR count). The number of rotatable bonds is 3. The summed E-state index contributed by atoms with van der Waals surface area (Å²) in [6, 6.07) is 5.93. The molecule has 0 radical (unpaired) electrons. The summed E-state index contributed by atoms with van der Waals surface area (Å²) in [6.45, 7) is 6.58. The zero-order valence-electron chi connectivity index (χ0n) is 10.4. The van der Waals surface area contributed by atoms with Crippen molar-refractivity contribution >= 4 is 11.4 Å². The average Bonchev–Trinajstić information content (AvgIpc) is 2.55. The first kappa shape index (κ1) is 11.5. The first-order valence-electron chi connectivity index (χ1n) is 5.59. The topological polar surface area (TPSA) is 64.1 Å². The maximum Gasteiger partial charge on any atom is 0.138 e. The molecule has 4 nitrogen and oxygen atoms in total. The monoisotopic (exact) mass is 231 g/mol. The van der Waals surface area contributed by atoms with Crippen LogP contribution in [0.25, 0.3) is 0 Å². The van der Waals surface area contributed by atoms with Crippen molar-refractivity contribution in [3.63, 3.8) is 0 Å². The number of hydrogen-bond acceptors (Lipinski definition) is 4. The molecule has 4 heteroatoms. The Morgan fingerprint density at radius 2 is 2.00 bits per heavy atom. The van der Waals surface area contributed by atoms with Gasteiger partial charge in [0.1, 0.15) is 5.76 Å². The standard InChI is InChI=1S/C13H17N3O/c1-8-4-11(14)6-12(5-8)15-7-13-9(2)16-17-10(13)3/h4-6,15H,7,14H2,1-3H3. The summed E-state index contributed by atoms with van der Waals surface area (Å²) in [7, 11) is 0. The molecule has 1 heterocycles. The molecular weight excluding hydrogens is 214 g/mol. The van der Waals surface area contributed by atoms with Crippen molar-refractivity contribution in [2.75, 3.05) is 11.1 Å². The third-order valence-electron chi connectivity index (χ3n) is 2.75. The molecule has 3 N–H and O–H groups in total. The van der Waals surface area contributed by atoms with Crippen molar-refractivity contribution < 1.29 is 4.52 Å². The number of benzene rings is 1. The molecule has 0 aliphatic carbocycles. The van der Waals surface area contributed by atoms with Crippen molar-refractivity contribution in [2.45, 2.75) is 27.3 Å². The lowest BCUT2D eigenvalue weighted by atomic mass is 10.1. The van der Waals surface area contributed by atoms with E-state index in [1.54, 1.807) is 0 Å². The molecule has 1 aromatic heterocycles. The molecule has 17 heavy (non-hydrogen) atoms. The first-order valence-corrected chi connectivity index (χ1v) is 5.59. The fourth-order valence-electron chi connectivity index (χ4n) is 1.86. The van der Waals surface area contributed by atoms with Gasteiger partial charge < -0.3 is 15.6 Å². The van der Waals surface area contributed by atoms with Crippen LogP contribution >= 0.6 is 0 Å². The normalized spacial score (nSPS) is 10.5. The van der Waals surface area contributed by atoms with E-state index in [9.17, 15) is 0 Å². The maximum atomic E-state index is 5.80. The van der Waals surface area contributed by atoms with Gasteiger partial charge >= 0.3 is 0 Å². The van der Waals surface area contributed by atoms with Gasteiger partial charge in [0.25, 0.3) is 0 Å². The fourth-order valence-corrected chi connectivity index (χ4v) is 1.86. The molecule has 0 aliphatic heterocycles. The number of nitrogens with zero attached hydrogens (tertiary/aromatic N) is 1. The summed E-state index contributed by atoms with van der Waals surface area (Å²) in [4.78, 5) is 0. The summed E-state index contributed by atoms with van der Waals surface area (Å²) >= 11 is 0. The van der Waals surface area contributed by atoms with Crippen LogP contribution in [0.4, 0.5) is 11.4 Å². The minimum atomic E-state index is 0.698. The first-order chi connectivity index (χ1) is 8.06. The third kappa shape index (κ3) is 2.58. The van der Waals surface area contributed by atoms with Crippen molar-refractivity contribution in [2.24, 2.45) is 0 Å². The van der Waals surface area contributed by atoms with Gasteiger partial charge in [-0.15, -0.1) is 0 Å². The Kier molecular flexibility index (Phi) is 3.04. The predicted molar refractivity (Wildman–Crippen MR) is 68.9 cm³/mol. The lowest BCUT2D eigenvalue weighted by Crippen LogP contribution is -2.02. The molecule has 0 saturated heterocycles. The Balaban J connectivity index is 2.12. The van der Waals surface area contributed by atoms with E-state index in [1.165, 1.54) is 0 Å². The van der Waals surface area contributed by atoms with Gasteiger partial charge in [0.15, 0.2) is 0 Å². The van der Waals surface area contributed by atoms with Crippen LogP contribution in [0.3, 0.4) is 0 Å². The SMILES string of the molecule is Cc1cc(N)cc(NCc2c(C)noc2C)c1. The number of nitrogens with two attached hydrogens (primary N) is 1. The number of nitrogen functional groups attached to an aromatic ring is 1. The van der Waals surface area contributed by atoms with Crippen molar-refractivity contribution in [1.82, 2.24) is 5.16 Å². The van der Waals surface area contributed by atoms with E-state index in [4.69, 9.17) is 10.3 Å². The minimum absolute atomic E-state index is 0.698. The average molecular weight is 231 g/mol. The van der Waals surface area contributed by atoms with E-state index < -0.39 is 0 Å². The molecule has 0 bridgehead atoms. The largest absolute Gasteiger partial charge is 0.399 e. The summed E-state index contributed by atoms with van der Waals surface area (Å²) < 4.78 is 5.12. The van der Waals surface area contributed by atoms with Crippen LogP contribution in [0.2, 0.25) is 0 Å². The van der Waals surface area contributed by atoms with Crippen LogP contribution in [-0.4, -0.2) is 5.16 Å². The molecule has 0 saturated carbocycles. The van der Waals surface area contributed by atoms with Gasteiger partial charge in [-0.05, 0) is 44.5 Å². The lowest BCUT2D eigenvalue weighted by Gasteiger charge is -2.08. The highest BCUT2D eigenvalue weighted by Gasteiger charge is 2.08. The number of aromatic nitrogens is 1. The fraction of sp³-hybridized carbons (Fsp3) is 0.308. The Labute approximate surface area is 101 Å². The van der Waals surface area contributed by atoms with Gasteiger partial charge in [-0.1, -0.05) is 5.16 Å². The number of hydrogen-bond donors (Lipinski definition) is 2. The Bertz CT molecular complexity index is 492. The molecule has 1 aromatic carbocycles. The molecule has 0 fully saturated rings. The van der Waals surface area contributed by atoms with E-state index in [1.807, 2.05) is 32.9 Å². The third-order valence-corrected chi connectivity index (χ3v) is 2.75. The van der Waals surface area contributed by atoms with Crippen molar-refractivity contribution in [3.05, 3.63) is 40.8 Å². The molecule has 0 atom stereocenters. The van der Waals surface area contributed by atoms with Crippen LogP contribution in [-0.2, 0) is 6.54 Å². The van der Waals surface area contributed by atoms with Gasteiger partial charge in [0.05, 0.1) is 5.69 Å². The molecule has 90 valence electrons. The number of aryl methyl sites for hydroxylation is 3. The lowest BCUT2D eigenvalue weighted by molar-refractivity contribution is 0.392. The molecule has 2 aromatic rings. The molecule has 0 unspecified atom stereocenters. The summed E-state index contributed by atoms with van der Waals surface area (Å²) in [5.74, 6) is 0.857. The zero-order valence-corrected chi connectivity index (χ0v) is 10.4. The van der Waals surface area contributed by atoms with Gasteiger partial charge in [-0.2, -0.15) is 0 Å². The van der Waals surface area contributed by atoms with Gasteiger partial charge in [-0.25, -0.2) is 0 Å². The molecule has 0 amide bonds. The molecule has 0 aliphatic rings. The highest BCUT2D eigenvalue weighted by atomic mass is 16.5. The summed E-state index contributed by atoms with van der Waals surface area (Å²) in [6.07, 6.45) is 0. The van der Waals surface area contributed by atoms with E-state index in [0.717, 1.165) is 34.0 Å². The Morgan fingerprint density at radius 1 is 1.24 bits per heavy atom. The minimum Gasteiger partial charge on any atom is -0.399 e. The number of anilines is 2. The maximum absolute atomic E-state index is 5.80. The Morgan fingerprint density at radius 3 is 2.59 bits per heavy atom. The van der Waals surface area contributed by atoms with Crippen LogP contribution in [0.1, 0.15) is 22.6 Å². The van der Waals surface area contributed by atoms with Gasteiger partial charge in [0, 0.05) is 23.5 Å². The van der Waals surface area contributed by atoms with Gasteiger partial charge in [-0.3, -0.25) is 0 Å². The summed E-state index contributed by atoms with van der Waals surface area (Å²) in [5.41, 5.74) is 10.8. The van der Waals surface area contributed by atoms with E-state index in [2.05, 4.69) is 16.5 Å². The van der Waals surface area contributed by atoms with Crippen LogP contribution < -0.4 is 11.1 Å². The van der Waals surface area contributed by atoms with Crippen molar-refractivity contribution in [1.29, 1.82) is 0 Å². The zero-order chi connectivity index (χ0) is 12.4. The summed E-state index contributed by atoms with van der Waals surface area (Å²) in [5, 5.41) is 7.25. The second kappa shape index (κ2) is 4.49. The quantitative estimate of drug-likeness (QED) is 0.797. The highest BCUT2D eigenvalue weighted by molar-refractivity contribution is 5.57. The van der Waals surface area contributed by atoms with E-state index >= 15 is 0 Å². The van der Waals surface area contributed by atoms with E-state index in [0.29, 0.717) is 6.54 Å². The molecular formula is C13H17N3O. The number of nitrogens with one attached hydrogen (secondary N) is 1.